The number of alkyl halides is 2. The van der Waals surface area contributed by atoms with Gasteiger partial charge in [0.05, 0.1) is 0 Å². The smallest absolute Gasteiger partial charge is 0.321 e. The predicted octanol–water partition coefficient (Wildman–Crippen LogP) is 3.39. The maximum absolute atomic E-state index is 12.5. The summed E-state index contributed by atoms with van der Waals surface area (Å²) < 4.78 is 25.8. The Balaban J connectivity index is 1.60. The fourth-order valence-corrected chi connectivity index (χ4v) is 3.05. The molecule has 2 aromatic rings. The minimum absolute atomic E-state index is 0.149. The summed E-state index contributed by atoms with van der Waals surface area (Å²) >= 11 is 0. The number of carbonyl (C=O) groups is 1. The van der Waals surface area contributed by atoms with Crippen molar-refractivity contribution in [3.05, 3.63) is 48.2 Å². The molecule has 0 saturated carbocycles. The highest BCUT2D eigenvalue weighted by atomic mass is 19.3. The number of anilines is 1. The van der Waals surface area contributed by atoms with Gasteiger partial charge in [0.2, 0.25) is 0 Å². The van der Waals surface area contributed by atoms with Gasteiger partial charge in [-0.3, -0.25) is 10.00 Å². The quantitative estimate of drug-likeness (QED) is 0.911. The molecule has 1 atom stereocenters. The summed E-state index contributed by atoms with van der Waals surface area (Å²) in [5.41, 5.74) is 1.20. The lowest BCUT2D eigenvalue weighted by molar-refractivity contribution is 0.122. The molecule has 0 unspecified atom stereocenters. The molecule has 0 bridgehead atoms. The van der Waals surface area contributed by atoms with Gasteiger partial charge >= 0.3 is 6.03 Å². The predicted molar refractivity (Wildman–Crippen MR) is 87.1 cm³/mol. The number of carbonyl (C=O) groups excluding carboxylic acids is 1. The lowest BCUT2D eigenvalue weighted by Crippen LogP contribution is -2.39. The second kappa shape index (κ2) is 7.42. The lowest BCUT2D eigenvalue weighted by Gasteiger charge is -2.24. The Hall–Kier alpha value is -2.44. The van der Waals surface area contributed by atoms with Crippen LogP contribution in [0.1, 0.15) is 18.4 Å². The third-order valence-electron chi connectivity index (χ3n) is 4.15. The molecule has 5 nitrogen and oxygen atoms in total. The fourth-order valence-electron chi connectivity index (χ4n) is 3.05. The minimum atomic E-state index is -2.47. The van der Waals surface area contributed by atoms with E-state index in [9.17, 15) is 13.6 Å². The number of benzene rings is 1. The van der Waals surface area contributed by atoms with Crippen molar-refractivity contribution >= 4 is 11.8 Å². The second-order valence-corrected chi connectivity index (χ2v) is 5.92. The van der Waals surface area contributed by atoms with Crippen LogP contribution in [0, 0.1) is 0 Å². The van der Waals surface area contributed by atoms with E-state index >= 15 is 0 Å². The van der Waals surface area contributed by atoms with Crippen LogP contribution in [0.3, 0.4) is 0 Å². The molecule has 7 heteroatoms. The van der Waals surface area contributed by atoms with E-state index in [4.69, 9.17) is 0 Å². The Labute approximate surface area is 139 Å². The molecule has 1 fully saturated rings. The van der Waals surface area contributed by atoms with Crippen LogP contribution < -0.4 is 5.32 Å². The Morgan fingerprint density at radius 1 is 1.29 bits per heavy atom. The highest BCUT2D eigenvalue weighted by molar-refractivity contribution is 5.88. The van der Waals surface area contributed by atoms with E-state index in [1.165, 1.54) is 17.8 Å². The minimum Gasteiger partial charge on any atom is -0.321 e. The molecule has 2 amide bonds. The summed E-state index contributed by atoms with van der Waals surface area (Å²) in [7, 11) is 0. The molecule has 24 heavy (non-hydrogen) atoms. The van der Waals surface area contributed by atoms with Crippen molar-refractivity contribution < 1.29 is 13.6 Å². The third kappa shape index (κ3) is 4.10. The van der Waals surface area contributed by atoms with E-state index in [1.807, 2.05) is 18.2 Å². The lowest BCUT2D eigenvalue weighted by atomic mass is 10.0. The number of urea groups is 1. The number of nitrogens with one attached hydrogen (secondary N) is 1. The summed E-state index contributed by atoms with van der Waals surface area (Å²) in [6, 6.07) is 11.5. The van der Waals surface area contributed by atoms with Crippen LogP contribution in [0.25, 0.3) is 0 Å². The Bertz CT molecular complexity index is 674. The van der Waals surface area contributed by atoms with Gasteiger partial charge < -0.3 is 4.90 Å². The summed E-state index contributed by atoms with van der Waals surface area (Å²) in [6.45, 7) is 0.220. The Kier molecular flexibility index (Phi) is 5.08. The van der Waals surface area contributed by atoms with Gasteiger partial charge in [0.1, 0.15) is 6.54 Å². The van der Waals surface area contributed by atoms with Gasteiger partial charge in [0.25, 0.3) is 6.43 Å². The molecule has 1 saturated heterocycles. The number of halogens is 2. The molecular formula is C17H20F2N4O. The van der Waals surface area contributed by atoms with E-state index in [1.54, 1.807) is 4.90 Å². The number of likely N-dealkylation sites (tertiary alicyclic amines) is 1. The zero-order valence-electron chi connectivity index (χ0n) is 13.2. The van der Waals surface area contributed by atoms with Gasteiger partial charge in [0, 0.05) is 24.8 Å². The van der Waals surface area contributed by atoms with Gasteiger partial charge in [0.15, 0.2) is 5.82 Å². The highest BCUT2D eigenvalue weighted by Crippen LogP contribution is 2.22. The molecule has 1 aliphatic heterocycles. The zero-order valence-corrected chi connectivity index (χ0v) is 13.2. The monoisotopic (exact) mass is 334 g/mol. The molecule has 3 rings (SSSR count). The molecule has 128 valence electrons. The van der Waals surface area contributed by atoms with Crippen molar-refractivity contribution in [1.82, 2.24) is 14.7 Å². The maximum Gasteiger partial charge on any atom is 0.323 e. The van der Waals surface area contributed by atoms with Crippen LogP contribution >= 0.6 is 0 Å². The maximum atomic E-state index is 12.5. The van der Waals surface area contributed by atoms with Crippen LogP contribution in [-0.4, -0.2) is 39.7 Å². The summed E-state index contributed by atoms with van der Waals surface area (Å²) in [5, 5.41) is 6.65. The van der Waals surface area contributed by atoms with Crippen molar-refractivity contribution in [2.75, 3.05) is 11.9 Å². The molecule has 1 N–H and O–H groups in total. The second-order valence-electron chi connectivity index (χ2n) is 5.92. The molecule has 1 aromatic heterocycles. The number of hydrogen-bond donors (Lipinski definition) is 1. The van der Waals surface area contributed by atoms with Crippen molar-refractivity contribution in [1.29, 1.82) is 0 Å². The van der Waals surface area contributed by atoms with Crippen molar-refractivity contribution in [2.24, 2.45) is 0 Å². The third-order valence-corrected chi connectivity index (χ3v) is 4.15. The zero-order chi connectivity index (χ0) is 16.9. The van der Waals surface area contributed by atoms with E-state index in [-0.39, 0.29) is 12.1 Å². The normalized spacial score (nSPS) is 17.5. The first kappa shape index (κ1) is 16.4. The Morgan fingerprint density at radius 2 is 2.08 bits per heavy atom. The van der Waals surface area contributed by atoms with Gasteiger partial charge in [-0.1, -0.05) is 30.3 Å². The van der Waals surface area contributed by atoms with E-state index in [0.29, 0.717) is 12.4 Å². The van der Waals surface area contributed by atoms with Gasteiger partial charge in [-0.15, -0.1) is 0 Å². The van der Waals surface area contributed by atoms with Crippen LogP contribution in [0.15, 0.2) is 42.6 Å². The topological polar surface area (TPSA) is 50.2 Å². The molecular weight excluding hydrogens is 314 g/mol. The van der Waals surface area contributed by atoms with Crippen LogP contribution in [0.5, 0.6) is 0 Å². The molecule has 0 radical (unpaired) electrons. The van der Waals surface area contributed by atoms with Gasteiger partial charge in [-0.2, -0.15) is 5.10 Å². The largest absolute Gasteiger partial charge is 0.323 e. The van der Waals surface area contributed by atoms with E-state index in [2.05, 4.69) is 22.5 Å². The van der Waals surface area contributed by atoms with Gasteiger partial charge in [-0.05, 0) is 24.8 Å². The van der Waals surface area contributed by atoms with E-state index < -0.39 is 13.0 Å². The first-order valence-electron chi connectivity index (χ1n) is 8.05. The SMILES string of the molecule is O=C(Nc1ccn(CC(F)F)n1)N1CCC[C@H]1Cc1ccccc1. The number of nitrogens with zero attached hydrogens (tertiary/aromatic N) is 3. The first-order chi connectivity index (χ1) is 11.6. The molecule has 0 aliphatic carbocycles. The molecule has 1 aromatic carbocycles. The van der Waals surface area contributed by atoms with Crippen LogP contribution in [-0.2, 0) is 13.0 Å². The van der Waals surface area contributed by atoms with E-state index in [0.717, 1.165) is 23.9 Å². The number of hydrogen-bond acceptors (Lipinski definition) is 2. The summed E-state index contributed by atoms with van der Waals surface area (Å²) in [4.78, 5) is 14.3. The molecule has 1 aliphatic rings. The van der Waals surface area contributed by atoms with Crippen molar-refractivity contribution in [3.63, 3.8) is 0 Å². The molecule has 0 spiro atoms. The van der Waals surface area contributed by atoms with Gasteiger partial charge in [-0.25, -0.2) is 13.6 Å². The average molecular weight is 334 g/mol. The van der Waals surface area contributed by atoms with Crippen molar-refractivity contribution in [2.45, 2.75) is 38.3 Å². The summed E-state index contributed by atoms with van der Waals surface area (Å²) in [6.07, 6.45) is 1.70. The average Bonchev–Trinajstić information content (AvgIpc) is 3.17. The fraction of sp³-hybridized carbons (Fsp3) is 0.412. The number of rotatable bonds is 5. The first-order valence-corrected chi connectivity index (χ1v) is 8.05. The van der Waals surface area contributed by atoms with Crippen LogP contribution in [0.4, 0.5) is 19.4 Å². The summed E-state index contributed by atoms with van der Waals surface area (Å²) in [5.74, 6) is 0.297. The van der Waals surface area contributed by atoms with Crippen LogP contribution in [0.2, 0.25) is 0 Å². The molecule has 2 heterocycles. The standard InChI is InChI=1S/C17H20F2N4O/c18-15(19)12-22-10-8-16(21-22)20-17(24)23-9-4-7-14(23)11-13-5-2-1-3-6-13/h1-3,5-6,8,10,14-15H,4,7,9,11-12H2,(H,20,21,24)/t14-/m0/s1. The Morgan fingerprint density at radius 3 is 2.83 bits per heavy atom. The van der Waals surface area contributed by atoms with Crippen molar-refractivity contribution in [3.8, 4) is 0 Å². The number of aromatic nitrogens is 2. The number of amides is 2. The highest BCUT2D eigenvalue weighted by Gasteiger charge is 2.29.